The molecule has 3 aromatic carbocycles. The summed E-state index contributed by atoms with van der Waals surface area (Å²) in [5.41, 5.74) is 2.55. The number of nitrogens with zero attached hydrogens (tertiary/aromatic N) is 2. The van der Waals surface area contributed by atoms with E-state index in [1.165, 1.54) is 0 Å². The topological polar surface area (TPSA) is 37.8 Å². The number of fused-ring (bicyclic) bond motifs is 1. The molecule has 0 aliphatic carbocycles. The highest BCUT2D eigenvalue weighted by molar-refractivity contribution is 6.33. The molecule has 0 amide bonds. The van der Waals surface area contributed by atoms with Crippen molar-refractivity contribution in [3.05, 3.63) is 82.8 Å². The number of hydrogen-bond donors (Lipinski definition) is 1. The van der Waals surface area contributed by atoms with E-state index in [1.807, 2.05) is 72.8 Å². The first-order chi connectivity index (χ1) is 12.2. The number of anilines is 2. The van der Waals surface area contributed by atoms with Gasteiger partial charge in [0.1, 0.15) is 5.82 Å². The van der Waals surface area contributed by atoms with Gasteiger partial charge in [-0.25, -0.2) is 9.97 Å². The van der Waals surface area contributed by atoms with E-state index >= 15 is 0 Å². The fourth-order valence-electron chi connectivity index (χ4n) is 2.60. The summed E-state index contributed by atoms with van der Waals surface area (Å²) in [6.45, 7) is 0. The zero-order valence-electron chi connectivity index (χ0n) is 13.1. The highest BCUT2D eigenvalue weighted by Crippen LogP contribution is 2.30. The Morgan fingerprint density at radius 2 is 1.44 bits per heavy atom. The van der Waals surface area contributed by atoms with Crippen molar-refractivity contribution in [3.63, 3.8) is 0 Å². The summed E-state index contributed by atoms with van der Waals surface area (Å²) < 4.78 is 0. The normalized spacial score (nSPS) is 10.8. The number of halogens is 2. The van der Waals surface area contributed by atoms with Crippen LogP contribution in [-0.2, 0) is 0 Å². The summed E-state index contributed by atoms with van der Waals surface area (Å²) in [6, 6.07) is 22.9. The molecule has 122 valence electrons. The van der Waals surface area contributed by atoms with Crippen molar-refractivity contribution in [2.24, 2.45) is 0 Å². The molecule has 0 aliphatic rings. The Balaban J connectivity index is 1.87. The van der Waals surface area contributed by atoms with Crippen molar-refractivity contribution >= 4 is 45.6 Å². The van der Waals surface area contributed by atoms with Crippen molar-refractivity contribution < 1.29 is 0 Å². The van der Waals surface area contributed by atoms with Crippen LogP contribution in [0, 0.1) is 0 Å². The van der Waals surface area contributed by atoms with Gasteiger partial charge in [0.05, 0.1) is 10.5 Å². The van der Waals surface area contributed by atoms with E-state index in [0.29, 0.717) is 15.9 Å². The predicted molar refractivity (Wildman–Crippen MR) is 105 cm³/mol. The van der Waals surface area contributed by atoms with E-state index in [2.05, 4.69) is 10.3 Å². The molecule has 0 spiro atoms. The van der Waals surface area contributed by atoms with Gasteiger partial charge in [-0.2, -0.15) is 0 Å². The number of nitrogens with one attached hydrogen (secondary N) is 1. The molecule has 5 heteroatoms. The minimum atomic E-state index is 0.584. The summed E-state index contributed by atoms with van der Waals surface area (Å²) in [6.07, 6.45) is 0. The lowest BCUT2D eigenvalue weighted by Gasteiger charge is -2.11. The van der Waals surface area contributed by atoms with Crippen LogP contribution >= 0.6 is 23.2 Å². The number of hydrogen-bond acceptors (Lipinski definition) is 3. The Hall–Kier alpha value is -2.62. The summed E-state index contributed by atoms with van der Waals surface area (Å²) in [5.74, 6) is 1.31. The van der Waals surface area contributed by atoms with Crippen LogP contribution in [0.4, 0.5) is 11.5 Å². The van der Waals surface area contributed by atoms with Gasteiger partial charge in [0.2, 0.25) is 0 Å². The molecule has 4 aromatic rings. The maximum atomic E-state index is 6.32. The molecule has 0 saturated heterocycles. The molecule has 0 unspecified atom stereocenters. The van der Waals surface area contributed by atoms with Gasteiger partial charge < -0.3 is 5.32 Å². The maximum Gasteiger partial charge on any atom is 0.163 e. The summed E-state index contributed by atoms with van der Waals surface area (Å²) in [4.78, 5) is 9.38. The number of rotatable bonds is 3. The second-order valence-corrected chi connectivity index (χ2v) is 6.37. The Morgan fingerprint density at radius 3 is 2.24 bits per heavy atom. The van der Waals surface area contributed by atoms with Gasteiger partial charge in [0, 0.05) is 21.7 Å². The monoisotopic (exact) mass is 365 g/mol. The van der Waals surface area contributed by atoms with Crippen LogP contribution in [-0.4, -0.2) is 9.97 Å². The lowest BCUT2D eigenvalue weighted by Crippen LogP contribution is -1.99. The molecule has 0 atom stereocenters. The third kappa shape index (κ3) is 3.29. The fraction of sp³-hybridized carbons (Fsp3) is 0. The highest BCUT2D eigenvalue weighted by Gasteiger charge is 2.11. The fourth-order valence-corrected chi connectivity index (χ4v) is 2.95. The summed E-state index contributed by atoms with van der Waals surface area (Å²) >= 11 is 12.3. The molecule has 0 aliphatic heterocycles. The quantitative estimate of drug-likeness (QED) is 0.459. The van der Waals surface area contributed by atoms with Crippen molar-refractivity contribution in [1.29, 1.82) is 0 Å². The summed E-state index contributed by atoms with van der Waals surface area (Å²) in [5, 5.41) is 5.60. The Labute approximate surface area is 155 Å². The van der Waals surface area contributed by atoms with Gasteiger partial charge >= 0.3 is 0 Å². The van der Waals surface area contributed by atoms with E-state index in [1.54, 1.807) is 0 Å². The van der Waals surface area contributed by atoms with Gasteiger partial charge in [-0.15, -0.1) is 0 Å². The average Bonchev–Trinajstić information content (AvgIpc) is 2.64. The molecule has 0 bridgehead atoms. The molecule has 3 nitrogen and oxygen atoms in total. The third-order valence-corrected chi connectivity index (χ3v) is 4.41. The molecular formula is C20H13Cl2N3. The summed E-state index contributed by atoms with van der Waals surface area (Å²) in [7, 11) is 0. The molecule has 25 heavy (non-hydrogen) atoms. The van der Waals surface area contributed by atoms with Crippen LogP contribution in [0.15, 0.2) is 72.8 Å². The highest BCUT2D eigenvalue weighted by atomic mass is 35.5. The van der Waals surface area contributed by atoms with Gasteiger partial charge in [0.15, 0.2) is 5.82 Å². The van der Waals surface area contributed by atoms with E-state index in [0.717, 1.165) is 28.0 Å². The molecule has 4 rings (SSSR count). The van der Waals surface area contributed by atoms with Crippen LogP contribution < -0.4 is 5.32 Å². The Morgan fingerprint density at radius 1 is 0.720 bits per heavy atom. The zero-order chi connectivity index (χ0) is 17.2. The van der Waals surface area contributed by atoms with Gasteiger partial charge in [-0.1, -0.05) is 47.5 Å². The number of para-hydroxylation sites is 1. The van der Waals surface area contributed by atoms with Gasteiger partial charge in [-0.05, 0) is 48.5 Å². The first kappa shape index (κ1) is 15.9. The van der Waals surface area contributed by atoms with Crippen LogP contribution in [0.25, 0.3) is 22.3 Å². The van der Waals surface area contributed by atoms with Crippen LogP contribution in [0.2, 0.25) is 10.0 Å². The minimum Gasteiger partial charge on any atom is -0.340 e. The SMILES string of the molecule is Clc1ccc(Nc2nc(-c3ccccc3Cl)nc3ccccc23)cc1. The van der Waals surface area contributed by atoms with E-state index in [-0.39, 0.29) is 0 Å². The second-order valence-electron chi connectivity index (χ2n) is 5.52. The van der Waals surface area contributed by atoms with Crippen molar-refractivity contribution in [3.8, 4) is 11.4 Å². The maximum absolute atomic E-state index is 6.32. The van der Waals surface area contributed by atoms with E-state index in [4.69, 9.17) is 28.2 Å². The zero-order valence-corrected chi connectivity index (χ0v) is 14.6. The molecular weight excluding hydrogens is 353 g/mol. The van der Waals surface area contributed by atoms with E-state index < -0.39 is 0 Å². The minimum absolute atomic E-state index is 0.584. The van der Waals surface area contributed by atoms with Crippen LogP contribution in [0.1, 0.15) is 0 Å². The molecule has 0 fully saturated rings. The van der Waals surface area contributed by atoms with Crippen molar-refractivity contribution in [1.82, 2.24) is 9.97 Å². The Kier molecular flexibility index (Phi) is 4.26. The average molecular weight is 366 g/mol. The van der Waals surface area contributed by atoms with Crippen molar-refractivity contribution in [2.75, 3.05) is 5.32 Å². The van der Waals surface area contributed by atoms with Gasteiger partial charge in [-0.3, -0.25) is 0 Å². The second kappa shape index (κ2) is 6.71. The third-order valence-electron chi connectivity index (χ3n) is 3.82. The standard InChI is InChI=1S/C20H13Cl2N3/c21-13-9-11-14(12-10-13)23-20-16-6-2-4-8-18(16)24-19(25-20)15-5-1-3-7-17(15)22/h1-12H,(H,23,24,25). The first-order valence-electron chi connectivity index (χ1n) is 7.75. The number of aromatic nitrogens is 2. The first-order valence-corrected chi connectivity index (χ1v) is 8.50. The number of benzene rings is 3. The van der Waals surface area contributed by atoms with Gasteiger partial charge in [0.25, 0.3) is 0 Å². The molecule has 1 aromatic heterocycles. The molecule has 1 heterocycles. The molecule has 0 saturated carbocycles. The Bertz CT molecular complexity index is 1050. The van der Waals surface area contributed by atoms with Crippen LogP contribution in [0.3, 0.4) is 0 Å². The largest absolute Gasteiger partial charge is 0.340 e. The van der Waals surface area contributed by atoms with Crippen molar-refractivity contribution in [2.45, 2.75) is 0 Å². The van der Waals surface area contributed by atoms with Crippen LogP contribution in [0.5, 0.6) is 0 Å². The predicted octanol–water partition coefficient (Wildman–Crippen LogP) is 6.35. The lowest BCUT2D eigenvalue weighted by atomic mass is 10.1. The van der Waals surface area contributed by atoms with E-state index in [9.17, 15) is 0 Å². The molecule has 0 radical (unpaired) electrons. The lowest BCUT2D eigenvalue weighted by molar-refractivity contribution is 1.22. The molecule has 1 N–H and O–H groups in total. The smallest absolute Gasteiger partial charge is 0.163 e.